The molecule has 4 N–H and O–H groups in total. The second-order valence-electron chi connectivity index (χ2n) is 8.12. The molecule has 9 nitrogen and oxygen atoms in total. The molecule has 0 spiro atoms. The van der Waals surface area contributed by atoms with Crippen molar-refractivity contribution in [1.29, 1.82) is 5.26 Å². The number of hydrogen-bond donors (Lipinski definition) is 4. The highest BCUT2D eigenvalue weighted by atomic mass is 16.6. The minimum absolute atomic E-state index is 0.0804. The Balaban J connectivity index is 1.32. The number of anilines is 2. The van der Waals surface area contributed by atoms with Crippen LogP contribution in [0.25, 0.3) is 0 Å². The summed E-state index contributed by atoms with van der Waals surface area (Å²) in [6.45, 7) is 1.46. The number of hydrogen-bond acceptors (Lipinski definition) is 7. The van der Waals surface area contributed by atoms with Crippen molar-refractivity contribution in [2.45, 2.75) is 32.0 Å². The highest BCUT2D eigenvalue weighted by Gasteiger charge is 2.22. The lowest BCUT2D eigenvalue weighted by Crippen LogP contribution is -2.35. The van der Waals surface area contributed by atoms with Gasteiger partial charge in [-0.1, -0.05) is 24.3 Å². The molecule has 35 heavy (non-hydrogen) atoms. The Morgan fingerprint density at radius 2 is 1.94 bits per heavy atom. The van der Waals surface area contributed by atoms with Gasteiger partial charge < -0.3 is 16.0 Å². The van der Waals surface area contributed by atoms with Gasteiger partial charge in [0.1, 0.15) is 5.82 Å². The molecule has 1 aromatic heterocycles. The first-order chi connectivity index (χ1) is 17.1. The number of nitrogens with one attached hydrogen (secondary N) is 4. The van der Waals surface area contributed by atoms with E-state index >= 15 is 0 Å². The van der Waals surface area contributed by atoms with Crippen LogP contribution in [0.5, 0.6) is 0 Å². The topological polar surface area (TPSA) is 128 Å². The molecule has 2 amide bonds. The molecule has 1 fully saturated rings. The van der Waals surface area contributed by atoms with Gasteiger partial charge in [0, 0.05) is 18.4 Å². The minimum Gasteiger partial charge on any atom is -0.380 e. The van der Waals surface area contributed by atoms with E-state index < -0.39 is 0 Å². The Morgan fingerprint density at radius 1 is 1.11 bits per heavy atom. The van der Waals surface area contributed by atoms with Crippen LogP contribution >= 0.6 is 0 Å². The second kappa shape index (κ2) is 11.7. The molecule has 1 saturated heterocycles. The zero-order chi connectivity index (χ0) is 24.5. The number of benzene rings is 2. The van der Waals surface area contributed by atoms with Crippen molar-refractivity contribution in [2.24, 2.45) is 0 Å². The number of amides is 2. The number of carbonyl (C=O) groups excluding carboxylic acids is 2. The zero-order valence-electron chi connectivity index (χ0n) is 19.1. The molecular formula is C26H26N6O3. The lowest BCUT2D eigenvalue weighted by molar-refractivity contribution is -0.117. The summed E-state index contributed by atoms with van der Waals surface area (Å²) in [6, 6.07) is 19.6. The molecule has 0 saturated carbocycles. The Bertz CT molecular complexity index is 1220. The SMILES string of the molecule is N#Cc1ccc(CONC(=O)c2ccccc2NCc2ccnc(NC(=O)C3CCCN3)c2)cc1. The van der Waals surface area contributed by atoms with Gasteiger partial charge >= 0.3 is 0 Å². The molecule has 1 atom stereocenters. The van der Waals surface area contributed by atoms with Crippen LogP contribution in [0.4, 0.5) is 11.5 Å². The second-order valence-corrected chi connectivity index (χ2v) is 8.12. The summed E-state index contributed by atoms with van der Waals surface area (Å²) < 4.78 is 0. The molecule has 0 radical (unpaired) electrons. The number of pyridine rings is 1. The van der Waals surface area contributed by atoms with Gasteiger partial charge in [0.25, 0.3) is 5.91 Å². The third-order valence-electron chi connectivity index (χ3n) is 5.59. The molecule has 2 aromatic carbocycles. The van der Waals surface area contributed by atoms with Crippen LogP contribution in [0.3, 0.4) is 0 Å². The number of para-hydroxylation sites is 1. The van der Waals surface area contributed by atoms with Crippen LogP contribution in [0.2, 0.25) is 0 Å². The fourth-order valence-electron chi connectivity index (χ4n) is 3.72. The van der Waals surface area contributed by atoms with Crippen molar-refractivity contribution in [3.8, 4) is 6.07 Å². The summed E-state index contributed by atoms with van der Waals surface area (Å²) in [4.78, 5) is 34.6. The standard InChI is InChI=1S/C26H26N6O3/c27-15-18-7-9-19(10-8-18)17-35-32-25(33)21-4-1-2-5-22(21)30-16-20-11-13-29-24(14-20)31-26(34)23-6-3-12-28-23/h1-2,4-5,7-11,13-14,23,28,30H,3,6,12,16-17H2,(H,32,33)(H,29,31,34). The Morgan fingerprint density at radius 3 is 2.71 bits per heavy atom. The zero-order valence-corrected chi connectivity index (χ0v) is 19.1. The smallest absolute Gasteiger partial charge is 0.276 e. The molecule has 0 aliphatic carbocycles. The summed E-state index contributed by atoms with van der Waals surface area (Å²) >= 11 is 0. The number of hydroxylamine groups is 1. The van der Waals surface area contributed by atoms with E-state index in [0.29, 0.717) is 29.2 Å². The van der Waals surface area contributed by atoms with Crippen molar-refractivity contribution in [1.82, 2.24) is 15.8 Å². The van der Waals surface area contributed by atoms with Crippen LogP contribution in [0.15, 0.2) is 66.9 Å². The number of nitriles is 1. The molecule has 178 valence electrons. The monoisotopic (exact) mass is 470 g/mol. The van der Waals surface area contributed by atoms with Gasteiger partial charge in [-0.2, -0.15) is 5.26 Å². The van der Waals surface area contributed by atoms with Gasteiger partial charge in [0.05, 0.1) is 29.8 Å². The summed E-state index contributed by atoms with van der Waals surface area (Å²) in [5.74, 6) is 0.0295. The summed E-state index contributed by atoms with van der Waals surface area (Å²) in [5, 5.41) is 18.2. The van der Waals surface area contributed by atoms with Gasteiger partial charge in [0.2, 0.25) is 5.91 Å². The van der Waals surface area contributed by atoms with E-state index in [0.717, 1.165) is 30.5 Å². The van der Waals surface area contributed by atoms with E-state index in [1.807, 2.05) is 24.3 Å². The number of rotatable bonds is 9. The predicted octanol–water partition coefficient (Wildman–Crippen LogP) is 3.12. The average Bonchev–Trinajstić information content (AvgIpc) is 3.44. The normalized spacial score (nSPS) is 14.7. The fraction of sp³-hybridized carbons (Fsp3) is 0.231. The molecule has 4 rings (SSSR count). The molecule has 3 aromatic rings. The van der Waals surface area contributed by atoms with Gasteiger partial charge in [-0.15, -0.1) is 0 Å². The third kappa shape index (κ3) is 6.63. The van der Waals surface area contributed by atoms with E-state index in [1.54, 1.807) is 42.6 Å². The summed E-state index contributed by atoms with van der Waals surface area (Å²) in [7, 11) is 0. The lowest BCUT2D eigenvalue weighted by Gasteiger charge is -2.14. The van der Waals surface area contributed by atoms with Crippen molar-refractivity contribution in [3.63, 3.8) is 0 Å². The lowest BCUT2D eigenvalue weighted by atomic mass is 10.1. The van der Waals surface area contributed by atoms with Gasteiger partial charge in [-0.25, -0.2) is 10.5 Å². The Labute approximate surface area is 203 Å². The van der Waals surface area contributed by atoms with E-state index in [2.05, 4.69) is 32.5 Å². The van der Waals surface area contributed by atoms with Crippen LogP contribution in [0.1, 0.15) is 39.9 Å². The Kier molecular flexibility index (Phi) is 8.01. The molecule has 9 heteroatoms. The quantitative estimate of drug-likeness (QED) is 0.354. The van der Waals surface area contributed by atoms with E-state index in [-0.39, 0.29) is 24.5 Å². The highest BCUT2D eigenvalue weighted by Crippen LogP contribution is 2.17. The van der Waals surface area contributed by atoms with Crippen molar-refractivity contribution < 1.29 is 14.4 Å². The first kappa shape index (κ1) is 23.9. The van der Waals surface area contributed by atoms with E-state index in [1.165, 1.54) is 0 Å². The first-order valence-corrected chi connectivity index (χ1v) is 11.4. The molecule has 0 bridgehead atoms. The minimum atomic E-state index is -0.381. The van der Waals surface area contributed by atoms with Gasteiger partial charge in [0.15, 0.2) is 0 Å². The van der Waals surface area contributed by atoms with Crippen molar-refractivity contribution in [2.75, 3.05) is 17.2 Å². The van der Waals surface area contributed by atoms with Crippen LogP contribution in [-0.2, 0) is 22.8 Å². The number of aromatic nitrogens is 1. The maximum Gasteiger partial charge on any atom is 0.276 e. The van der Waals surface area contributed by atoms with E-state index in [4.69, 9.17) is 10.1 Å². The first-order valence-electron chi connectivity index (χ1n) is 11.4. The van der Waals surface area contributed by atoms with Crippen molar-refractivity contribution >= 4 is 23.3 Å². The molecule has 2 heterocycles. The Hall–Kier alpha value is -4.26. The third-order valence-corrected chi connectivity index (χ3v) is 5.59. The van der Waals surface area contributed by atoms with Gasteiger partial charge in [-0.05, 0) is 66.9 Å². The summed E-state index contributed by atoms with van der Waals surface area (Å²) in [6.07, 6.45) is 3.45. The molecule has 1 unspecified atom stereocenters. The maximum atomic E-state index is 12.7. The molecule has 1 aliphatic heterocycles. The average molecular weight is 471 g/mol. The van der Waals surface area contributed by atoms with Crippen LogP contribution in [-0.4, -0.2) is 29.4 Å². The van der Waals surface area contributed by atoms with E-state index in [9.17, 15) is 9.59 Å². The van der Waals surface area contributed by atoms with Crippen molar-refractivity contribution in [3.05, 3.63) is 89.1 Å². The van der Waals surface area contributed by atoms with Gasteiger partial charge in [-0.3, -0.25) is 14.4 Å². The summed E-state index contributed by atoms with van der Waals surface area (Å²) in [5.41, 5.74) is 5.84. The number of carbonyl (C=O) groups is 2. The highest BCUT2D eigenvalue weighted by molar-refractivity contribution is 5.99. The fourth-order valence-corrected chi connectivity index (χ4v) is 3.72. The van der Waals surface area contributed by atoms with Crippen LogP contribution in [0, 0.1) is 11.3 Å². The predicted molar refractivity (Wildman–Crippen MR) is 131 cm³/mol. The molecule has 1 aliphatic rings. The number of nitrogens with zero attached hydrogens (tertiary/aromatic N) is 2. The largest absolute Gasteiger partial charge is 0.380 e. The van der Waals surface area contributed by atoms with Crippen LogP contribution < -0.4 is 21.4 Å². The maximum absolute atomic E-state index is 12.7. The molecular weight excluding hydrogens is 444 g/mol.